The summed E-state index contributed by atoms with van der Waals surface area (Å²) in [5.41, 5.74) is 0. The second-order valence-electron chi connectivity index (χ2n) is 2.36. The van der Waals surface area contributed by atoms with E-state index in [-0.39, 0.29) is 6.54 Å². The number of rotatable bonds is 2. The van der Waals surface area contributed by atoms with Gasteiger partial charge in [-0.2, -0.15) is 0 Å². The van der Waals surface area contributed by atoms with Crippen LogP contribution in [-0.4, -0.2) is 44.0 Å². The van der Waals surface area contributed by atoms with Gasteiger partial charge in [0.05, 0.1) is 6.54 Å². The average Bonchev–Trinajstić information content (AvgIpc) is 1.88. The molecule has 0 aromatic heterocycles. The quantitative estimate of drug-likeness (QED) is 0.547. The van der Waals surface area contributed by atoms with Crippen molar-refractivity contribution < 1.29 is 8.78 Å². The largest absolute Gasteiger partial charge is 0.295 e. The van der Waals surface area contributed by atoms with E-state index >= 15 is 0 Å². The molecule has 0 bridgehead atoms. The van der Waals surface area contributed by atoms with E-state index in [9.17, 15) is 8.78 Å². The van der Waals surface area contributed by atoms with Gasteiger partial charge >= 0.3 is 0 Å². The smallest absolute Gasteiger partial charge is 0.251 e. The first kappa shape index (κ1) is 7.88. The molecule has 0 atom stereocenters. The molecule has 0 unspecified atom stereocenters. The summed E-state index contributed by atoms with van der Waals surface area (Å²) in [6.45, 7) is 2.74. The summed E-state index contributed by atoms with van der Waals surface area (Å²) in [5.74, 6) is 0. The van der Waals surface area contributed by atoms with Crippen molar-refractivity contribution in [3.8, 4) is 0 Å². The first-order chi connectivity index (χ1) is 4.79. The summed E-state index contributed by atoms with van der Waals surface area (Å²) >= 11 is 0. The Morgan fingerprint density at radius 3 is 2.40 bits per heavy atom. The van der Waals surface area contributed by atoms with Crippen LogP contribution in [0.1, 0.15) is 0 Å². The van der Waals surface area contributed by atoms with E-state index < -0.39 is 6.43 Å². The van der Waals surface area contributed by atoms with Gasteiger partial charge in [0.15, 0.2) is 0 Å². The standard InChI is InChI=1S/C6H11F2N2/c7-6(8)5-10-3-1-9-2-4-10/h6H,1-5H2. The maximum absolute atomic E-state index is 11.7. The van der Waals surface area contributed by atoms with Crippen molar-refractivity contribution in [2.75, 3.05) is 32.7 Å². The Morgan fingerprint density at radius 2 is 1.90 bits per heavy atom. The molecule has 10 heavy (non-hydrogen) atoms. The van der Waals surface area contributed by atoms with E-state index in [4.69, 9.17) is 0 Å². The Bertz CT molecular complexity index is 91.7. The van der Waals surface area contributed by atoms with Gasteiger partial charge in [-0.25, -0.2) is 14.1 Å². The molecular weight excluding hydrogens is 138 g/mol. The maximum atomic E-state index is 11.7. The lowest BCUT2D eigenvalue weighted by Crippen LogP contribution is -2.42. The van der Waals surface area contributed by atoms with Crippen LogP contribution in [0.4, 0.5) is 8.78 Å². The minimum Gasteiger partial charge on any atom is -0.295 e. The summed E-state index contributed by atoms with van der Waals surface area (Å²) < 4.78 is 23.5. The van der Waals surface area contributed by atoms with Gasteiger partial charge in [-0.15, -0.1) is 0 Å². The molecule has 0 saturated carbocycles. The molecular formula is C6H11F2N2. The Hall–Kier alpha value is -0.220. The second-order valence-corrected chi connectivity index (χ2v) is 2.36. The van der Waals surface area contributed by atoms with Crippen LogP contribution in [0.25, 0.3) is 0 Å². The van der Waals surface area contributed by atoms with Crippen LogP contribution in [-0.2, 0) is 0 Å². The Balaban J connectivity index is 2.13. The SMILES string of the molecule is FC(F)CN1CC[N]CC1. The molecule has 1 aliphatic heterocycles. The summed E-state index contributed by atoms with van der Waals surface area (Å²) in [7, 11) is 0. The fourth-order valence-electron chi connectivity index (χ4n) is 1.03. The molecule has 0 aromatic carbocycles. The lowest BCUT2D eigenvalue weighted by atomic mass is 10.4. The van der Waals surface area contributed by atoms with Crippen molar-refractivity contribution >= 4 is 0 Å². The van der Waals surface area contributed by atoms with E-state index in [1.165, 1.54) is 0 Å². The summed E-state index contributed by atoms with van der Waals surface area (Å²) in [6, 6.07) is 0. The van der Waals surface area contributed by atoms with Crippen molar-refractivity contribution in [1.82, 2.24) is 10.2 Å². The van der Waals surface area contributed by atoms with Crippen LogP contribution in [0.3, 0.4) is 0 Å². The molecule has 0 spiro atoms. The third kappa shape index (κ3) is 2.58. The fraction of sp³-hybridized carbons (Fsp3) is 1.00. The van der Waals surface area contributed by atoms with E-state index in [0.717, 1.165) is 0 Å². The lowest BCUT2D eigenvalue weighted by Gasteiger charge is -2.25. The monoisotopic (exact) mass is 149 g/mol. The van der Waals surface area contributed by atoms with Gasteiger partial charge in [0.25, 0.3) is 6.43 Å². The molecule has 1 radical (unpaired) electrons. The van der Waals surface area contributed by atoms with E-state index in [1.807, 2.05) is 0 Å². The highest BCUT2D eigenvalue weighted by Crippen LogP contribution is 1.99. The summed E-state index contributed by atoms with van der Waals surface area (Å²) in [6.07, 6.45) is -2.20. The fourth-order valence-corrected chi connectivity index (χ4v) is 1.03. The minimum absolute atomic E-state index is 0.0878. The predicted octanol–water partition coefficient (Wildman–Crippen LogP) is 0.171. The maximum Gasteiger partial charge on any atom is 0.251 e. The number of hydrogen-bond donors (Lipinski definition) is 0. The highest BCUT2D eigenvalue weighted by Gasteiger charge is 2.14. The van der Waals surface area contributed by atoms with Crippen LogP contribution in [0, 0.1) is 0 Å². The number of alkyl halides is 2. The van der Waals surface area contributed by atoms with Crippen molar-refractivity contribution in [2.45, 2.75) is 6.43 Å². The molecule has 4 heteroatoms. The van der Waals surface area contributed by atoms with Crippen LogP contribution < -0.4 is 5.32 Å². The second kappa shape index (κ2) is 3.83. The summed E-state index contributed by atoms with van der Waals surface area (Å²) in [5, 5.41) is 4.05. The number of hydrogen-bond acceptors (Lipinski definition) is 1. The van der Waals surface area contributed by atoms with Gasteiger partial charge in [0.1, 0.15) is 0 Å². The zero-order valence-corrected chi connectivity index (χ0v) is 5.76. The van der Waals surface area contributed by atoms with E-state index in [0.29, 0.717) is 26.2 Å². The van der Waals surface area contributed by atoms with Crippen molar-refractivity contribution in [3.63, 3.8) is 0 Å². The van der Waals surface area contributed by atoms with Crippen molar-refractivity contribution in [2.24, 2.45) is 0 Å². The number of halogens is 2. The zero-order chi connectivity index (χ0) is 7.40. The number of piperazine rings is 1. The van der Waals surface area contributed by atoms with Crippen molar-refractivity contribution in [3.05, 3.63) is 0 Å². The van der Waals surface area contributed by atoms with Gasteiger partial charge < -0.3 is 0 Å². The molecule has 59 valence electrons. The van der Waals surface area contributed by atoms with Gasteiger partial charge in [-0.1, -0.05) is 0 Å². The molecule has 1 saturated heterocycles. The summed E-state index contributed by atoms with van der Waals surface area (Å²) in [4.78, 5) is 1.75. The van der Waals surface area contributed by atoms with Gasteiger partial charge in [0.2, 0.25) is 0 Å². The van der Waals surface area contributed by atoms with Crippen LogP contribution in [0.2, 0.25) is 0 Å². The predicted molar refractivity (Wildman–Crippen MR) is 34.3 cm³/mol. The molecule has 1 aliphatic rings. The van der Waals surface area contributed by atoms with E-state index in [2.05, 4.69) is 5.32 Å². The molecule has 0 aromatic rings. The van der Waals surface area contributed by atoms with Gasteiger partial charge in [0, 0.05) is 26.2 Å². The van der Waals surface area contributed by atoms with E-state index in [1.54, 1.807) is 4.90 Å². The average molecular weight is 149 g/mol. The highest BCUT2D eigenvalue weighted by molar-refractivity contribution is 4.67. The Labute approximate surface area is 59.2 Å². The third-order valence-electron chi connectivity index (χ3n) is 1.54. The van der Waals surface area contributed by atoms with Gasteiger partial charge in [-0.3, -0.25) is 4.90 Å². The normalized spacial score (nSPS) is 21.9. The minimum atomic E-state index is -2.20. The molecule has 1 fully saturated rings. The lowest BCUT2D eigenvalue weighted by molar-refractivity contribution is 0.0817. The third-order valence-corrected chi connectivity index (χ3v) is 1.54. The topological polar surface area (TPSA) is 17.3 Å². The first-order valence-corrected chi connectivity index (χ1v) is 3.43. The van der Waals surface area contributed by atoms with Gasteiger partial charge in [-0.05, 0) is 0 Å². The van der Waals surface area contributed by atoms with Crippen LogP contribution in [0.15, 0.2) is 0 Å². The Morgan fingerprint density at radius 1 is 1.30 bits per heavy atom. The van der Waals surface area contributed by atoms with Crippen LogP contribution in [0.5, 0.6) is 0 Å². The zero-order valence-electron chi connectivity index (χ0n) is 5.76. The molecule has 1 rings (SSSR count). The highest BCUT2D eigenvalue weighted by atomic mass is 19.3. The number of nitrogens with zero attached hydrogens (tertiary/aromatic N) is 2. The molecule has 2 nitrogen and oxygen atoms in total. The molecule has 0 amide bonds. The first-order valence-electron chi connectivity index (χ1n) is 3.43. The van der Waals surface area contributed by atoms with Crippen molar-refractivity contribution in [1.29, 1.82) is 0 Å². The molecule has 0 N–H and O–H groups in total. The molecule has 0 aliphatic carbocycles. The molecule has 1 heterocycles. The Kier molecular flexibility index (Phi) is 3.02. The van der Waals surface area contributed by atoms with Crippen LogP contribution >= 0.6 is 0 Å².